The number of benzene rings is 7. The zero-order valence-electron chi connectivity index (χ0n) is 24.9. The first-order valence-electron chi connectivity index (χ1n) is 16.0. The highest BCUT2D eigenvalue weighted by Gasteiger charge is 2.42. The Bertz CT molecular complexity index is 2720. The summed E-state index contributed by atoms with van der Waals surface area (Å²) in [6.07, 6.45) is 0. The fraction of sp³-hybridized carbons (Fsp3) is 0. The van der Waals surface area contributed by atoms with Crippen molar-refractivity contribution in [3.8, 4) is 27.9 Å². The molecule has 11 rings (SSSR count). The summed E-state index contributed by atoms with van der Waals surface area (Å²) in [5.74, 6) is 0. The van der Waals surface area contributed by atoms with Crippen LogP contribution in [0.5, 0.6) is 0 Å². The number of hydrogen-bond acceptors (Lipinski definition) is 1. The van der Waals surface area contributed by atoms with E-state index in [0.717, 1.165) is 0 Å². The molecule has 0 bridgehead atoms. The van der Waals surface area contributed by atoms with E-state index in [1.165, 1.54) is 93.9 Å². The van der Waals surface area contributed by atoms with Gasteiger partial charge in [-0.2, -0.15) is 0 Å². The summed E-state index contributed by atoms with van der Waals surface area (Å²) in [7, 11) is 0. The number of para-hydroxylation sites is 4. The molecule has 0 fully saturated rings. The summed E-state index contributed by atoms with van der Waals surface area (Å²) >= 11 is 0. The third kappa shape index (κ3) is 2.99. The SMILES string of the molecule is c1ccc(-n2c3ccccc3c3c4c(ccc32)[nH]c2c3c(ccc24)B2c4ccccc4-c4ccccc4N2c2ccccc2-3)cc1. The lowest BCUT2D eigenvalue weighted by atomic mass is 9.43. The molecule has 3 nitrogen and oxygen atoms in total. The van der Waals surface area contributed by atoms with E-state index in [1.54, 1.807) is 0 Å². The normalized spacial score (nSPS) is 13.1. The Hall–Kier alpha value is -6.00. The van der Waals surface area contributed by atoms with Gasteiger partial charge in [0.15, 0.2) is 0 Å². The van der Waals surface area contributed by atoms with Crippen LogP contribution in [0.1, 0.15) is 0 Å². The Balaban J connectivity index is 1.27. The molecule has 46 heavy (non-hydrogen) atoms. The molecule has 0 radical (unpaired) electrons. The van der Waals surface area contributed by atoms with Crippen molar-refractivity contribution >= 4 is 72.8 Å². The van der Waals surface area contributed by atoms with Gasteiger partial charge in [0.2, 0.25) is 0 Å². The number of aromatic amines is 1. The summed E-state index contributed by atoms with van der Waals surface area (Å²) in [6.45, 7) is 0.0758. The lowest BCUT2D eigenvalue weighted by Crippen LogP contribution is -2.59. The summed E-state index contributed by atoms with van der Waals surface area (Å²) < 4.78 is 2.41. The van der Waals surface area contributed by atoms with Gasteiger partial charge in [-0.25, -0.2) is 0 Å². The minimum atomic E-state index is 0.0758. The molecule has 0 atom stereocenters. The van der Waals surface area contributed by atoms with E-state index in [0.29, 0.717) is 0 Å². The molecule has 0 amide bonds. The third-order valence-electron chi connectivity index (χ3n) is 10.3. The van der Waals surface area contributed by atoms with Crippen molar-refractivity contribution in [2.24, 2.45) is 0 Å². The maximum Gasteiger partial charge on any atom is 0.329 e. The van der Waals surface area contributed by atoms with Crippen molar-refractivity contribution < 1.29 is 0 Å². The van der Waals surface area contributed by atoms with Crippen LogP contribution in [0.15, 0.2) is 152 Å². The molecule has 2 aromatic heterocycles. The van der Waals surface area contributed by atoms with E-state index in [9.17, 15) is 0 Å². The largest absolute Gasteiger partial charge is 0.376 e. The van der Waals surface area contributed by atoms with Gasteiger partial charge in [0.25, 0.3) is 0 Å². The molecule has 9 aromatic rings. The summed E-state index contributed by atoms with van der Waals surface area (Å²) in [5.41, 5.74) is 16.4. The van der Waals surface area contributed by atoms with Crippen LogP contribution in [0.4, 0.5) is 11.4 Å². The molecule has 0 saturated heterocycles. The van der Waals surface area contributed by atoms with Gasteiger partial charge >= 0.3 is 6.85 Å². The van der Waals surface area contributed by atoms with E-state index >= 15 is 0 Å². The van der Waals surface area contributed by atoms with Gasteiger partial charge in [-0.15, -0.1) is 0 Å². The van der Waals surface area contributed by atoms with Gasteiger partial charge in [-0.3, -0.25) is 0 Å². The fourth-order valence-electron chi connectivity index (χ4n) is 8.55. The van der Waals surface area contributed by atoms with Gasteiger partial charge < -0.3 is 14.4 Å². The number of fused-ring (bicyclic) bond motifs is 19. The second kappa shape index (κ2) is 8.80. The number of rotatable bonds is 1. The summed E-state index contributed by atoms with van der Waals surface area (Å²) in [5, 5.41) is 5.12. The Morgan fingerprint density at radius 3 is 2.02 bits per heavy atom. The molecule has 0 aliphatic carbocycles. The van der Waals surface area contributed by atoms with Crippen LogP contribution in [-0.2, 0) is 0 Å². The highest BCUT2D eigenvalue weighted by molar-refractivity contribution is 6.92. The Morgan fingerprint density at radius 1 is 0.457 bits per heavy atom. The number of nitrogens with zero attached hydrogens (tertiary/aromatic N) is 2. The molecule has 2 aliphatic heterocycles. The number of anilines is 2. The standard InChI is InChI=1S/C42H26BN3/c1-2-12-26(13-3-1)45-35-19-9-6-16-29(35)41-38(45)25-24-34-40(41)31-22-23-33-39(42(31)44-34)30-17-7-11-21-37(30)46-36-20-10-5-15-28(36)27-14-4-8-18-32(27)43(33)46/h1-25,44H. The monoisotopic (exact) mass is 583 g/mol. The Morgan fingerprint density at radius 2 is 1.15 bits per heavy atom. The average Bonchev–Trinajstić information content (AvgIpc) is 3.67. The van der Waals surface area contributed by atoms with Crippen molar-refractivity contribution in [1.82, 2.24) is 9.55 Å². The zero-order chi connectivity index (χ0) is 29.9. The molecule has 2 aliphatic rings. The van der Waals surface area contributed by atoms with Gasteiger partial charge in [-0.05, 0) is 59.0 Å². The Kier molecular flexibility index (Phi) is 4.66. The van der Waals surface area contributed by atoms with Crippen LogP contribution >= 0.6 is 0 Å². The van der Waals surface area contributed by atoms with E-state index < -0.39 is 0 Å². The molecule has 7 aromatic carbocycles. The third-order valence-corrected chi connectivity index (χ3v) is 10.3. The minimum Gasteiger partial charge on any atom is -0.376 e. The first-order valence-corrected chi connectivity index (χ1v) is 16.0. The van der Waals surface area contributed by atoms with Crippen molar-refractivity contribution in [3.63, 3.8) is 0 Å². The molecule has 4 heteroatoms. The highest BCUT2D eigenvalue weighted by Crippen LogP contribution is 2.48. The van der Waals surface area contributed by atoms with Crippen molar-refractivity contribution in [2.75, 3.05) is 4.81 Å². The van der Waals surface area contributed by atoms with Gasteiger partial charge in [0.05, 0.1) is 16.6 Å². The summed E-state index contributed by atoms with van der Waals surface area (Å²) in [4.78, 5) is 6.53. The lowest BCUT2D eigenvalue weighted by Gasteiger charge is -2.43. The highest BCUT2D eigenvalue weighted by atomic mass is 15.1. The van der Waals surface area contributed by atoms with Crippen molar-refractivity contribution in [3.05, 3.63) is 152 Å². The van der Waals surface area contributed by atoms with Crippen LogP contribution < -0.4 is 15.7 Å². The molecule has 212 valence electrons. The van der Waals surface area contributed by atoms with Crippen molar-refractivity contribution in [1.29, 1.82) is 0 Å². The smallest absolute Gasteiger partial charge is 0.329 e. The molecule has 0 saturated carbocycles. The quantitative estimate of drug-likeness (QED) is 0.191. The lowest BCUT2D eigenvalue weighted by molar-refractivity contribution is 1.18. The van der Waals surface area contributed by atoms with Crippen LogP contribution in [0.2, 0.25) is 0 Å². The summed E-state index contributed by atoms with van der Waals surface area (Å²) in [6, 6.07) is 55.7. The van der Waals surface area contributed by atoms with Crippen LogP contribution in [0, 0.1) is 0 Å². The fourth-order valence-corrected chi connectivity index (χ4v) is 8.55. The Labute approximate surface area is 266 Å². The molecule has 1 N–H and O–H groups in total. The number of aromatic nitrogens is 2. The topological polar surface area (TPSA) is 24.0 Å². The first-order chi connectivity index (χ1) is 22.9. The van der Waals surface area contributed by atoms with Gasteiger partial charge in [-0.1, -0.05) is 109 Å². The number of hydrogen-bond donors (Lipinski definition) is 1. The molecular formula is C42H26BN3. The maximum absolute atomic E-state index is 3.96. The predicted molar refractivity (Wildman–Crippen MR) is 195 cm³/mol. The predicted octanol–water partition coefficient (Wildman–Crippen LogP) is 9.32. The van der Waals surface area contributed by atoms with Crippen molar-refractivity contribution in [2.45, 2.75) is 0 Å². The van der Waals surface area contributed by atoms with Gasteiger partial charge in [0, 0.05) is 60.8 Å². The molecular weight excluding hydrogens is 557 g/mol. The van der Waals surface area contributed by atoms with E-state index in [2.05, 4.69) is 166 Å². The molecule has 0 unspecified atom stereocenters. The second-order valence-corrected chi connectivity index (χ2v) is 12.5. The van der Waals surface area contributed by atoms with Crippen LogP contribution in [0.3, 0.4) is 0 Å². The van der Waals surface area contributed by atoms with Crippen LogP contribution in [-0.4, -0.2) is 16.4 Å². The second-order valence-electron chi connectivity index (χ2n) is 12.5. The number of H-pyrrole nitrogens is 1. The van der Waals surface area contributed by atoms with E-state index in [-0.39, 0.29) is 6.85 Å². The van der Waals surface area contributed by atoms with Gasteiger partial charge in [0.1, 0.15) is 0 Å². The van der Waals surface area contributed by atoms with Crippen LogP contribution in [0.25, 0.3) is 71.6 Å². The average molecular weight is 584 g/mol. The zero-order valence-corrected chi connectivity index (χ0v) is 24.9. The number of nitrogens with one attached hydrogen (secondary N) is 1. The molecule has 0 spiro atoms. The van der Waals surface area contributed by atoms with E-state index in [4.69, 9.17) is 0 Å². The van der Waals surface area contributed by atoms with E-state index in [1.807, 2.05) is 0 Å². The first kappa shape index (κ1) is 24.3. The maximum atomic E-state index is 3.96. The minimum absolute atomic E-state index is 0.0758. The molecule has 4 heterocycles.